The molecule has 96 valence electrons. The van der Waals surface area contributed by atoms with E-state index in [1.54, 1.807) is 6.92 Å². The molecule has 0 bridgehead atoms. The van der Waals surface area contributed by atoms with Crippen LogP contribution in [0, 0.1) is 10.8 Å². The fourth-order valence-electron chi connectivity index (χ4n) is 2.36. The number of hydrogen-bond donors (Lipinski definition) is 1. The topological polar surface area (TPSA) is 37.3 Å². The molecular weight excluding hydrogens is 212 g/mol. The van der Waals surface area contributed by atoms with Crippen LogP contribution in [0.3, 0.4) is 0 Å². The first-order valence-electron chi connectivity index (χ1n) is 6.09. The Morgan fingerprint density at radius 2 is 1.47 bits per heavy atom. The van der Waals surface area contributed by atoms with Gasteiger partial charge >= 0.3 is 0 Å². The zero-order valence-corrected chi connectivity index (χ0v) is 12.0. The van der Waals surface area contributed by atoms with Crippen molar-refractivity contribution in [3.63, 3.8) is 0 Å². The fraction of sp³-hybridized carbons (Fsp3) is 0.667. The SMILES string of the molecule is CC(C)(C)C1=CC=C(C(C)(C)C)C(C)(O)C1=O. The van der Waals surface area contributed by atoms with Crippen LogP contribution in [0.15, 0.2) is 23.3 Å². The first-order valence-corrected chi connectivity index (χ1v) is 6.09. The van der Waals surface area contributed by atoms with Gasteiger partial charge in [-0.25, -0.2) is 0 Å². The molecule has 0 aromatic heterocycles. The summed E-state index contributed by atoms with van der Waals surface area (Å²) in [4.78, 5) is 12.4. The quantitative estimate of drug-likeness (QED) is 0.701. The molecule has 1 aliphatic rings. The van der Waals surface area contributed by atoms with Gasteiger partial charge in [-0.05, 0) is 23.3 Å². The molecule has 2 nitrogen and oxygen atoms in total. The molecule has 0 aromatic rings. The summed E-state index contributed by atoms with van der Waals surface area (Å²) in [6.07, 6.45) is 3.77. The number of aliphatic hydroxyl groups is 1. The second-order valence-corrected chi connectivity index (χ2v) is 7.06. The van der Waals surface area contributed by atoms with Gasteiger partial charge in [0, 0.05) is 5.57 Å². The van der Waals surface area contributed by atoms with Crippen LogP contribution < -0.4 is 0 Å². The van der Waals surface area contributed by atoms with E-state index in [-0.39, 0.29) is 16.6 Å². The van der Waals surface area contributed by atoms with Gasteiger partial charge in [-0.2, -0.15) is 0 Å². The number of carbonyl (C=O) groups excluding carboxylic acids is 1. The molecule has 0 spiro atoms. The number of rotatable bonds is 0. The minimum absolute atomic E-state index is 0.169. The van der Waals surface area contributed by atoms with Gasteiger partial charge in [0.05, 0.1) is 0 Å². The Kier molecular flexibility index (Phi) is 3.17. The smallest absolute Gasteiger partial charge is 0.194 e. The largest absolute Gasteiger partial charge is 0.378 e. The van der Waals surface area contributed by atoms with Crippen molar-refractivity contribution in [3.8, 4) is 0 Å². The van der Waals surface area contributed by atoms with Crippen molar-refractivity contribution >= 4 is 5.78 Å². The molecule has 1 atom stereocenters. The lowest BCUT2D eigenvalue weighted by Gasteiger charge is -2.39. The first kappa shape index (κ1) is 14.2. The molecule has 0 heterocycles. The van der Waals surface area contributed by atoms with Gasteiger partial charge in [0.2, 0.25) is 0 Å². The molecular formula is C15H24O2. The number of Topliss-reactive ketones (excluding diaryl/α,β-unsaturated/α-hetero) is 1. The van der Waals surface area contributed by atoms with E-state index in [1.807, 2.05) is 53.7 Å². The number of hydrogen-bond acceptors (Lipinski definition) is 2. The van der Waals surface area contributed by atoms with Gasteiger partial charge in [-0.3, -0.25) is 4.79 Å². The Bertz CT molecular complexity index is 396. The Morgan fingerprint density at radius 3 is 1.82 bits per heavy atom. The zero-order chi connectivity index (χ0) is 13.6. The first-order chi connectivity index (χ1) is 7.38. The Hall–Kier alpha value is -0.890. The molecule has 1 unspecified atom stereocenters. The second-order valence-electron chi connectivity index (χ2n) is 7.06. The van der Waals surface area contributed by atoms with Crippen LogP contribution in [0.2, 0.25) is 0 Å². The number of ketones is 1. The number of allylic oxidation sites excluding steroid dienone is 2. The molecule has 0 saturated heterocycles. The number of carbonyl (C=O) groups is 1. The molecule has 17 heavy (non-hydrogen) atoms. The van der Waals surface area contributed by atoms with E-state index in [1.165, 1.54) is 0 Å². The van der Waals surface area contributed by atoms with Gasteiger partial charge in [0.15, 0.2) is 5.78 Å². The summed E-state index contributed by atoms with van der Waals surface area (Å²) in [6, 6.07) is 0. The van der Waals surface area contributed by atoms with Crippen LogP contribution in [0.4, 0.5) is 0 Å². The third-order valence-corrected chi connectivity index (χ3v) is 3.24. The van der Waals surface area contributed by atoms with E-state index in [4.69, 9.17) is 0 Å². The van der Waals surface area contributed by atoms with Crippen molar-refractivity contribution in [1.82, 2.24) is 0 Å². The molecule has 1 N–H and O–H groups in total. The third-order valence-electron chi connectivity index (χ3n) is 3.24. The molecule has 1 aliphatic carbocycles. The Balaban J connectivity index is 3.36. The lowest BCUT2D eigenvalue weighted by molar-refractivity contribution is -0.130. The lowest BCUT2D eigenvalue weighted by Crippen LogP contribution is -2.46. The maximum absolute atomic E-state index is 12.4. The van der Waals surface area contributed by atoms with Crippen LogP contribution in [0.25, 0.3) is 0 Å². The van der Waals surface area contributed by atoms with Gasteiger partial charge in [0.1, 0.15) is 5.60 Å². The van der Waals surface area contributed by atoms with Crippen molar-refractivity contribution in [3.05, 3.63) is 23.3 Å². The van der Waals surface area contributed by atoms with Crippen molar-refractivity contribution in [1.29, 1.82) is 0 Å². The fourth-order valence-corrected chi connectivity index (χ4v) is 2.36. The summed E-state index contributed by atoms with van der Waals surface area (Å²) in [5, 5.41) is 10.5. The van der Waals surface area contributed by atoms with Gasteiger partial charge in [0.25, 0.3) is 0 Å². The van der Waals surface area contributed by atoms with Crippen LogP contribution in [0.5, 0.6) is 0 Å². The molecule has 0 fully saturated rings. The summed E-state index contributed by atoms with van der Waals surface area (Å²) < 4.78 is 0. The van der Waals surface area contributed by atoms with Crippen LogP contribution in [-0.2, 0) is 4.79 Å². The summed E-state index contributed by atoms with van der Waals surface area (Å²) in [7, 11) is 0. The van der Waals surface area contributed by atoms with Crippen molar-refractivity contribution in [2.24, 2.45) is 10.8 Å². The van der Waals surface area contributed by atoms with Gasteiger partial charge in [-0.15, -0.1) is 0 Å². The van der Waals surface area contributed by atoms with E-state index in [2.05, 4.69) is 0 Å². The summed E-state index contributed by atoms with van der Waals surface area (Å²) in [5.74, 6) is -0.169. The molecule has 0 saturated carbocycles. The molecule has 0 aromatic carbocycles. The summed E-state index contributed by atoms with van der Waals surface area (Å²) in [5.41, 5.74) is -0.353. The molecule has 0 amide bonds. The van der Waals surface area contributed by atoms with Crippen LogP contribution in [-0.4, -0.2) is 16.5 Å². The highest BCUT2D eigenvalue weighted by Crippen LogP contribution is 2.41. The second kappa shape index (κ2) is 3.81. The van der Waals surface area contributed by atoms with E-state index in [0.29, 0.717) is 5.57 Å². The predicted octanol–water partition coefficient (Wildman–Crippen LogP) is 3.27. The normalized spacial score (nSPS) is 26.7. The van der Waals surface area contributed by atoms with Crippen LogP contribution in [0.1, 0.15) is 48.5 Å². The predicted molar refractivity (Wildman–Crippen MR) is 70.7 cm³/mol. The van der Waals surface area contributed by atoms with E-state index >= 15 is 0 Å². The third kappa shape index (κ3) is 2.52. The van der Waals surface area contributed by atoms with E-state index in [0.717, 1.165) is 5.57 Å². The summed E-state index contributed by atoms with van der Waals surface area (Å²) >= 11 is 0. The lowest BCUT2D eigenvalue weighted by atomic mass is 9.67. The zero-order valence-electron chi connectivity index (χ0n) is 12.0. The highest BCUT2D eigenvalue weighted by atomic mass is 16.3. The van der Waals surface area contributed by atoms with Crippen LogP contribution >= 0.6 is 0 Å². The summed E-state index contributed by atoms with van der Waals surface area (Å²) in [6.45, 7) is 13.6. The minimum Gasteiger partial charge on any atom is -0.378 e. The molecule has 1 rings (SSSR count). The standard InChI is InChI=1S/C15H24O2/c1-13(2,3)10-8-9-11(14(4,5)6)15(7,17)12(10)16/h8-9,17H,1-7H3. The maximum atomic E-state index is 12.4. The molecule has 0 radical (unpaired) electrons. The van der Waals surface area contributed by atoms with Crippen molar-refractivity contribution in [2.75, 3.05) is 0 Å². The highest BCUT2D eigenvalue weighted by molar-refractivity contribution is 6.06. The average molecular weight is 236 g/mol. The minimum atomic E-state index is -1.38. The highest BCUT2D eigenvalue weighted by Gasteiger charge is 2.45. The molecule has 2 heteroatoms. The molecule has 0 aliphatic heterocycles. The average Bonchev–Trinajstić information content (AvgIpc) is 2.04. The van der Waals surface area contributed by atoms with E-state index in [9.17, 15) is 9.90 Å². The van der Waals surface area contributed by atoms with Gasteiger partial charge in [-0.1, -0.05) is 53.7 Å². The van der Waals surface area contributed by atoms with Crippen molar-refractivity contribution in [2.45, 2.75) is 54.1 Å². The van der Waals surface area contributed by atoms with E-state index < -0.39 is 5.60 Å². The maximum Gasteiger partial charge on any atom is 0.194 e. The van der Waals surface area contributed by atoms with Gasteiger partial charge < -0.3 is 5.11 Å². The Morgan fingerprint density at radius 1 is 1.00 bits per heavy atom. The monoisotopic (exact) mass is 236 g/mol. The van der Waals surface area contributed by atoms with Crippen molar-refractivity contribution < 1.29 is 9.90 Å². The Labute approximate surface area is 104 Å².